The lowest BCUT2D eigenvalue weighted by atomic mass is 9.94. The number of aliphatic hydroxyl groups is 12. The molecule has 4 fully saturated rings. The van der Waals surface area contributed by atoms with Gasteiger partial charge in [-0.15, -0.1) is 15.0 Å². The van der Waals surface area contributed by atoms with Gasteiger partial charge in [0.25, 0.3) is 0 Å². The summed E-state index contributed by atoms with van der Waals surface area (Å²) in [5.41, 5.74) is 0. The summed E-state index contributed by atoms with van der Waals surface area (Å²) in [6.45, 7) is -2.52. The lowest BCUT2D eigenvalue weighted by Gasteiger charge is -2.50. The van der Waals surface area contributed by atoms with Crippen molar-refractivity contribution in [2.24, 2.45) is 0 Å². The zero-order valence-electron chi connectivity index (χ0n) is 31.1. The molecule has 1 amide bonds. The van der Waals surface area contributed by atoms with Crippen LogP contribution in [-0.4, -0.2) is 246 Å². The van der Waals surface area contributed by atoms with E-state index < -0.39 is 161 Å². The number of aliphatic hydroxyl groups excluding tert-OH is 12. The van der Waals surface area contributed by atoms with Crippen LogP contribution in [0.4, 0.5) is 0 Å². The lowest BCUT2D eigenvalue weighted by Crippen LogP contribution is -2.70. The van der Waals surface area contributed by atoms with Crippen LogP contribution >= 0.6 is 0 Å². The predicted octanol–water partition coefficient (Wildman–Crippen LogP) is -9.32. The van der Waals surface area contributed by atoms with Crippen LogP contribution in [0.2, 0.25) is 0 Å². The summed E-state index contributed by atoms with van der Waals surface area (Å²) in [4.78, 5) is 23.9. The fourth-order valence-corrected chi connectivity index (χ4v) is 6.68. The van der Waals surface area contributed by atoms with Crippen molar-refractivity contribution in [1.82, 2.24) is 20.3 Å². The summed E-state index contributed by atoms with van der Waals surface area (Å²) in [5.74, 6) is -0.780. The summed E-state index contributed by atoms with van der Waals surface area (Å²) in [6, 6.07) is -2.59. The number of nitrogens with one attached hydrogen (secondary N) is 1. The molecule has 27 nitrogen and oxygen atoms in total. The molecule has 0 aromatic carbocycles. The fraction of sp³-hybridized carbons (Fsp3) is 0.871. The minimum Gasteiger partial charge on any atom is -0.467 e. The monoisotopic (exact) mass is 846 g/mol. The molecule has 0 unspecified atom stereocenters. The number of carbonyl (C=O) groups is 1. The Morgan fingerprint density at radius 2 is 0.948 bits per heavy atom. The van der Waals surface area contributed by atoms with E-state index in [2.05, 4.69) is 20.3 Å². The highest BCUT2D eigenvalue weighted by atomic mass is 16.8. The molecular formula is C31H50N4O23. The fourth-order valence-electron chi connectivity index (χ4n) is 6.68. The van der Waals surface area contributed by atoms with Gasteiger partial charge in [0.2, 0.25) is 12.2 Å². The molecule has 20 atom stereocenters. The molecule has 4 saturated heterocycles. The van der Waals surface area contributed by atoms with E-state index in [1.54, 1.807) is 0 Å². The van der Waals surface area contributed by atoms with E-state index in [4.69, 9.17) is 47.4 Å². The maximum Gasteiger partial charge on any atom is 0.328 e. The highest BCUT2D eigenvalue weighted by Crippen LogP contribution is 2.35. The molecule has 27 heteroatoms. The molecule has 5 heterocycles. The van der Waals surface area contributed by atoms with E-state index in [9.17, 15) is 66.1 Å². The van der Waals surface area contributed by atoms with Gasteiger partial charge in [0, 0.05) is 6.92 Å². The van der Waals surface area contributed by atoms with Crippen molar-refractivity contribution in [3.05, 3.63) is 0 Å². The predicted molar refractivity (Wildman–Crippen MR) is 177 cm³/mol. The Bertz CT molecular complexity index is 1450. The topological polar surface area (TPSA) is 403 Å². The Hall–Kier alpha value is -2.88. The number of hydrogen-bond donors (Lipinski definition) is 13. The van der Waals surface area contributed by atoms with Gasteiger partial charge >= 0.3 is 18.0 Å². The number of rotatable bonds is 15. The van der Waals surface area contributed by atoms with Crippen LogP contribution < -0.4 is 19.5 Å². The summed E-state index contributed by atoms with van der Waals surface area (Å²) in [7, 11) is 2.49. The van der Waals surface area contributed by atoms with E-state index in [1.165, 1.54) is 14.2 Å². The maximum atomic E-state index is 12.4. The minimum absolute atomic E-state index is 0.240. The van der Waals surface area contributed by atoms with Crippen LogP contribution in [0.25, 0.3) is 0 Å². The Kier molecular flexibility index (Phi) is 16.0. The number of carbonyl (C=O) groups excluding carboxylic acids is 1. The molecule has 5 rings (SSSR count). The van der Waals surface area contributed by atoms with Gasteiger partial charge < -0.3 is 114 Å². The third-order valence-electron chi connectivity index (χ3n) is 9.75. The highest BCUT2D eigenvalue weighted by Gasteiger charge is 2.56. The molecule has 58 heavy (non-hydrogen) atoms. The van der Waals surface area contributed by atoms with E-state index in [1.807, 2.05) is 0 Å². The molecule has 4 aliphatic rings. The van der Waals surface area contributed by atoms with E-state index in [0.717, 1.165) is 6.92 Å². The molecule has 332 valence electrons. The van der Waals surface area contributed by atoms with Gasteiger partial charge in [-0.1, -0.05) is 0 Å². The molecule has 13 N–H and O–H groups in total. The van der Waals surface area contributed by atoms with Gasteiger partial charge in [0.1, 0.15) is 97.6 Å². The quantitative estimate of drug-likeness (QED) is 0.0779. The van der Waals surface area contributed by atoms with Gasteiger partial charge in [-0.05, 0) is 0 Å². The average Bonchev–Trinajstić information content (AvgIpc) is 3.21. The molecule has 4 aliphatic heterocycles. The Morgan fingerprint density at radius 1 is 0.517 bits per heavy atom. The molecule has 0 radical (unpaired) electrons. The third-order valence-corrected chi connectivity index (χ3v) is 9.75. The first kappa shape index (κ1) is 46.2. The number of hydrogen-bond acceptors (Lipinski definition) is 26. The Labute approximate surface area is 328 Å². The van der Waals surface area contributed by atoms with Gasteiger partial charge in [0.15, 0.2) is 18.9 Å². The minimum atomic E-state index is -2.09. The van der Waals surface area contributed by atoms with Crippen molar-refractivity contribution in [1.29, 1.82) is 0 Å². The number of nitrogens with zero attached hydrogens (tertiary/aromatic N) is 3. The number of amides is 1. The second-order valence-corrected chi connectivity index (χ2v) is 13.6. The SMILES string of the molecule is COc1nc(OC)nc(O[C@@H]2O[C@H](CO)[C@@H](O[C@@H]3O[C@H](CO)[C@H](O)[C@H](O[C@@H]4O[C@H](CO)[C@@H](O)[C@H](O[C@@H]5O[C@H](CO)[C@H](O)[C@H](O)[C@H]5O)[C@H]4NC(C)=O)[C@H]3O)[C@H](O)[C@H]2O)n1. The second-order valence-electron chi connectivity index (χ2n) is 13.6. The van der Waals surface area contributed by atoms with Crippen molar-refractivity contribution in [2.45, 2.75) is 130 Å². The summed E-state index contributed by atoms with van der Waals surface area (Å²) in [5, 5.41) is 129. The zero-order chi connectivity index (χ0) is 42.6. The smallest absolute Gasteiger partial charge is 0.328 e. The molecule has 0 spiro atoms. The van der Waals surface area contributed by atoms with Crippen molar-refractivity contribution in [3.63, 3.8) is 0 Å². The van der Waals surface area contributed by atoms with Crippen LogP contribution in [0, 0.1) is 0 Å². The summed E-state index contributed by atoms with van der Waals surface area (Å²) >= 11 is 0. The van der Waals surface area contributed by atoms with Gasteiger partial charge in [-0.2, -0.15) is 0 Å². The van der Waals surface area contributed by atoms with Crippen LogP contribution in [0.15, 0.2) is 0 Å². The average molecular weight is 847 g/mol. The van der Waals surface area contributed by atoms with Gasteiger partial charge in [-0.25, -0.2) is 0 Å². The van der Waals surface area contributed by atoms with Crippen LogP contribution in [-0.2, 0) is 38.0 Å². The molecule has 1 aromatic rings. The van der Waals surface area contributed by atoms with E-state index >= 15 is 0 Å². The molecule has 0 bridgehead atoms. The third kappa shape index (κ3) is 9.84. The van der Waals surface area contributed by atoms with Crippen molar-refractivity contribution < 1.29 is 113 Å². The second kappa shape index (κ2) is 20.1. The first-order valence-corrected chi connectivity index (χ1v) is 17.8. The first-order valence-electron chi connectivity index (χ1n) is 17.8. The van der Waals surface area contributed by atoms with Crippen LogP contribution in [0.1, 0.15) is 6.92 Å². The summed E-state index contributed by atoms with van der Waals surface area (Å²) < 4.78 is 55.2. The lowest BCUT2D eigenvalue weighted by molar-refractivity contribution is -0.378. The Balaban J connectivity index is 1.36. The largest absolute Gasteiger partial charge is 0.467 e. The van der Waals surface area contributed by atoms with E-state index in [-0.39, 0.29) is 12.0 Å². The summed E-state index contributed by atoms with van der Waals surface area (Å²) in [6.07, 6.45) is -34.4. The van der Waals surface area contributed by atoms with Crippen molar-refractivity contribution in [3.8, 4) is 18.0 Å². The highest BCUT2D eigenvalue weighted by molar-refractivity contribution is 5.73. The van der Waals surface area contributed by atoms with Crippen LogP contribution in [0.3, 0.4) is 0 Å². The number of methoxy groups -OCH3 is 2. The van der Waals surface area contributed by atoms with Gasteiger partial charge in [-0.3, -0.25) is 4.79 Å². The standard InChI is InChI=1S/C31H50N4O23/c1-8(40)32-13-23(56-26-19(46)17(44)14(41)9(4-36)52-26)15(42)10(5-37)51-25(13)57-24-16(43)11(6-38)53-28(21(24)48)55-22-12(7-39)54-27(20(47)18(22)45)58-31-34-29(49-2)33-30(35-31)50-3/h9-28,36-39,41-48H,4-7H2,1-3H3,(H,32,40)/t9-,10-,11-,12-,13-,14+,15-,16+,17+,18-,19-,20-,21-,22-,23-,24+,25+,26+,27+,28+/m1/s1. The normalized spacial score (nSPS) is 43.4. The Morgan fingerprint density at radius 3 is 1.48 bits per heavy atom. The maximum absolute atomic E-state index is 12.4. The molecule has 1 aromatic heterocycles. The molecule has 0 saturated carbocycles. The van der Waals surface area contributed by atoms with Crippen molar-refractivity contribution >= 4 is 5.91 Å². The number of ether oxygens (including phenoxy) is 10. The molecular weight excluding hydrogens is 796 g/mol. The van der Waals surface area contributed by atoms with Crippen molar-refractivity contribution in [2.75, 3.05) is 40.6 Å². The number of aromatic nitrogens is 3. The first-order chi connectivity index (χ1) is 27.6. The van der Waals surface area contributed by atoms with Crippen LogP contribution in [0.5, 0.6) is 18.0 Å². The molecule has 0 aliphatic carbocycles. The van der Waals surface area contributed by atoms with E-state index in [0.29, 0.717) is 0 Å². The van der Waals surface area contributed by atoms with Gasteiger partial charge in [0.05, 0.1) is 40.6 Å². The zero-order valence-corrected chi connectivity index (χ0v) is 31.1.